The molecule has 2 unspecified atom stereocenters. The summed E-state index contributed by atoms with van der Waals surface area (Å²) in [7, 11) is 0. The summed E-state index contributed by atoms with van der Waals surface area (Å²) in [6.45, 7) is 3.20. The Kier molecular flexibility index (Phi) is 1.72. The number of aromatic nitrogens is 2. The fourth-order valence-electron chi connectivity index (χ4n) is 2.70. The predicted molar refractivity (Wildman–Crippen MR) is 55.2 cm³/mol. The first-order chi connectivity index (χ1) is 6.83. The first-order valence-electron chi connectivity index (χ1n) is 5.38. The zero-order valence-electron chi connectivity index (χ0n) is 8.48. The van der Waals surface area contributed by atoms with E-state index in [1.807, 2.05) is 19.3 Å². The van der Waals surface area contributed by atoms with E-state index in [1.54, 1.807) is 0 Å². The first-order valence-corrected chi connectivity index (χ1v) is 5.38. The molecule has 3 rings (SSSR count). The van der Waals surface area contributed by atoms with Gasteiger partial charge in [0, 0.05) is 25.0 Å². The number of rotatable bonds is 1. The second-order valence-corrected chi connectivity index (χ2v) is 4.55. The predicted octanol–water partition coefficient (Wildman–Crippen LogP) is 1.77. The van der Waals surface area contributed by atoms with Crippen molar-refractivity contribution in [3.8, 4) is 0 Å². The van der Waals surface area contributed by atoms with Crippen LogP contribution in [0, 0.1) is 12.8 Å². The number of aryl methyl sites for hydroxylation is 1. The molecule has 1 saturated carbocycles. The number of hydrogen-bond acceptors (Lipinski definition) is 3. The van der Waals surface area contributed by atoms with E-state index in [-0.39, 0.29) is 0 Å². The monoisotopic (exact) mass is 189 g/mol. The molecule has 3 heteroatoms. The third kappa shape index (κ3) is 1.19. The Morgan fingerprint density at radius 3 is 2.64 bits per heavy atom. The van der Waals surface area contributed by atoms with Gasteiger partial charge in [0.25, 0.3) is 0 Å². The Balaban J connectivity index is 1.86. The Labute approximate surface area is 84.2 Å². The molecule has 2 fully saturated rings. The van der Waals surface area contributed by atoms with Crippen molar-refractivity contribution in [1.29, 1.82) is 0 Å². The van der Waals surface area contributed by atoms with Crippen molar-refractivity contribution < 1.29 is 0 Å². The molecule has 0 N–H and O–H groups in total. The van der Waals surface area contributed by atoms with Crippen LogP contribution in [-0.2, 0) is 0 Å². The largest absolute Gasteiger partial charge is 0.338 e. The van der Waals surface area contributed by atoms with Gasteiger partial charge >= 0.3 is 0 Å². The van der Waals surface area contributed by atoms with Crippen LogP contribution in [0.15, 0.2) is 12.4 Å². The summed E-state index contributed by atoms with van der Waals surface area (Å²) in [5, 5.41) is 0. The van der Waals surface area contributed by atoms with Gasteiger partial charge in [0.1, 0.15) is 0 Å². The van der Waals surface area contributed by atoms with Gasteiger partial charge < -0.3 is 4.90 Å². The second kappa shape index (κ2) is 2.94. The van der Waals surface area contributed by atoms with Gasteiger partial charge in [-0.25, -0.2) is 9.97 Å². The summed E-state index contributed by atoms with van der Waals surface area (Å²) in [6, 6.07) is 0.725. The summed E-state index contributed by atoms with van der Waals surface area (Å²) in [4.78, 5) is 11.2. The van der Waals surface area contributed by atoms with E-state index in [0.717, 1.165) is 23.5 Å². The van der Waals surface area contributed by atoms with Crippen molar-refractivity contribution in [3.05, 3.63) is 18.0 Å². The van der Waals surface area contributed by atoms with Crippen molar-refractivity contribution in [2.45, 2.75) is 32.2 Å². The Morgan fingerprint density at radius 1 is 1.29 bits per heavy atom. The molecule has 74 valence electrons. The van der Waals surface area contributed by atoms with Crippen LogP contribution in [0.2, 0.25) is 0 Å². The van der Waals surface area contributed by atoms with Gasteiger partial charge in [-0.15, -0.1) is 0 Å². The summed E-state index contributed by atoms with van der Waals surface area (Å²) in [5.41, 5.74) is 1.14. The number of fused-ring (bicyclic) bond motifs is 2. The number of nitrogens with zero attached hydrogens (tertiary/aromatic N) is 3. The molecular formula is C11H15N3. The van der Waals surface area contributed by atoms with E-state index < -0.39 is 0 Å². The van der Waals surface area contributed by atoms with Gasteiger partial charge in [-0.2, -0.15) is 0 Å². The lowest BCUT2D eigenvalue weighted by Gasteiger charge is -2.26. The van der Waals surface area contributed by atoms with E-state index in [1.165, 1.54) is 25.8 Å². The minimum absolute atomic E-state index is 0.725. The average Bonchev–Trinajstić information content (AvgIpc) is 2.80. The minimum Gasteiger partial charge on any atom is -0.338 e. The molecule has 1 aromatic heterocycles. The summed E-state index contributed by atoms with van der Waals surface area (Å²) in [5.74, 6) is 1.84. The summed E-state index contributed by atoms with van der Waals surface area (Å²) >= 11 is 0. The van der Waals surface area contributed by atoms with Crippen LogP contribution < -0.4 is 4.90 Å². The minimum atomic E-state index is 0.725. The Morgan fingerprint density at radius 2 is 2.07 bits per heavy atom. The molecule has 0 amide bonds. The van der Waals surface area contributed by atoms with Crippen LogP contribution in [0.1, 0.15) is 24.8 Å². The van der Waals surface area contributed by atoms with Crippen LogP contribution in [0.25, 0.3) is 0 Å². The lowest BCUT2D eigenvalue weighted by Crippen LogP contribution is -2.33. The van der Waals surface area contributed by atoms with Crippen LogP contribution in [0.3, 0.4) is 0 Å². The van der Waals surface area contributed by atoms with Crippen LogP contribution in [0.4, 0.5) is 5.95 Å². The van der Waals surface area contributed by atoms with Crippen LogP contribution in [-0.4, -0.2) is 22.6 Å². The van der Waals surface area contributed by atoms with Crippen molar-refractivity contribution in [3.63, 3.8) is 0 Å². The van der Waals surface area contributed by atoms with Gasteiger partial charge in [0.2, 0.25) is 5.95 Å². The van der Waals surface area contributed by atoms with E-state index in [2.05, 4.69) is 14.9 Å². The highest BCUT2D eigenvalue weighted by atomic mass is 15.3. The number of hydrogen-bond donors (Lipinski definition) is 0. The van der Waals surface area contributed by atoms with Crippen molar-refractivity contribution >= 4 is 5.95 Å². The van der Waals surface area contributed by atoms with Crippen molar-refractivity contribution in [1.82, 2.24) is 9.97 Å². The molecule has 0 radical (unpaired) electrons. The Hall–Kier alpha value is -1.12. The van der Waals surface area contributed by atoms with Gasteiger partial charge in [0.15, 0.2) is 0 Å². The van der Waals surface area contributed by atoms with Crippen LogP contribution in [0.5, 0.6) is 0 Å². The third-order valence-corrected chi connectivity index (χ3v) is 3.43. The molecule has 3 nitrogen and oxygen atoms in total. The fourth-order valence-corrected chi connectivity index (χ4v) is 2.70. The number of piperidine rings is 1. The average molecular weight is 189 g/mol. The molecule has 2 bridgehead atoms. The lowest BCUT2D eigenvalue weighted by molar-refractivity contribution is 0.546. The van der Waals surface area contributed by atoms with E-state index in [9.17, 15) is 0 Å². The van der Waals surface area contributed by atoms with E-state index in [4.69, 9.17) is 0 Å². The highest BCUT2D eigenvalue weighted by molar-refractivity contribution is 5.35. The maximum Gasteiger partial charge on any atom is 0.225 e. The normalized spacial score (nSPS) is 29.9. The smallest absolute Gasteiger partial charge is 0.225 e. The van der Waals surface area contributed by atoms with Gasteiger partial charge in [-0.3, -0.25) is 0 Å². The van der Waals surface area contributed by atoms with E-state index >= 15 is 0 Å². The topological polar surface area (TPSA) is 29.0 Å². The fraction of sp³-hybridized carbons (Fsp3) is 0.636. The summed E-state index contributed by atoms with van der Waals surface area (Å²) < 4.78 is 0. The molecule has 1 aliphatic heterocycles. The zero-order valence-corrected chi connectivity index (χ0v) is 8.48. The van der Waals surface area contributed by atoms with Gasteiger partial charge in [0.05, 0.1) is 0 Å². The molecule has 1 aromatic rings. The van der Waals surface area contributed by atoms with E-state index in [0.29, 0.717) is 0 Å². The summed E-state index contributed by atoms with van der Waals surface area (Å²) in [6.07, 6.45) is 7.93. The highest BCUT2D eigenvalue weighted by Gasteiger charge is 2.38. The molecule has 2 aliphatic rings. The second-order valence-electron chi connectivity index (χ2n) is 4.55. The van der Waals surface area contributed by atoms with Crippen molar-refractivity contribution in [2.75, 3.05) is 11.4 Å². The molecule has 0 aromatic carbocycles. The molecule has 1 aliphatic carbocycles. The maximum atomic E-state index is 4.39. The number of anilines is 1. The van der Waals surface area contributed by atoms with Gasteiger partial charge in [-0.1, -0.05) is 0 Å². The first kappa shape index (κ1) is 8.21. The van der Waals surface area contributed by atoms with Gasteiger partial charge in [-0.05, 0) is 37.7 Å². The van der Waals surface area contributed by atoms with Crippen LogP contribution >= 0.6 is 0 Å². The maximum absolute atomic E-state index is 4.39. The quantitative estimate of drug-likeness (QED) is 0.674. The third-order valence-electron chi connectivity index (χ3n) is 3.43. The standard InChI is InChI=1S/C11H15N3/c1-8-5-12-11(13-6-8)14-7-9-2-3-10(14)4-9/h5-6,9-10H,2-4,7H2,1H3. The Bertz CT molecular complexity index is 333. The molecule has 0 spiro atoms. The highest BCUT2D eigenvalue weighted by Crippen LogP contribution is 2.38. The molecule has 2 heterocycles. The molecule has 2 atom stereocenters. The molecular weight excluding hydrogens is 174 g/mol. The SMILES string of the molecule is Cc1cnc(N2CC3CCC2C3)nc1. The zero-order chi connectivity index (χ0) is 9.54. The van der Waals surface area contributed by atoms with Crippen molar-refractivity contribution in [2.24, 2.45) is 5.92 Å². The lowest BCUT2D eigenvalue weighted by atomic mass is 10.1. The molecule has 1 saturated heterocycles. The molecule has 14 heavy (non-hydrogen) atoms.